The molecule has 5 nitrogen and oxygen atoms in total. The number of esters is 1. The van der Waals surface area contributed by atoms with E-state index in [4.69, 9.17) is 4.74 Å². The zero-order valence-corrected chi connectivity index (χ0v) is 14.6. The number of ether oxygens (including phenoxy) is 2. The monoisotopic (exact) mass is 362 g/mol. The van der Waals surface area contributed by atoms with Crippen LogP contribution in [0.15, 0.2) is 60.7 Å². The number of allylic oxidation sites excluding steroid dienone is 4. The Kier molecular flexibility index (Phi) is 10.3. The molecule has 1 rings (SSSR count). The van der Waals surface area contributed by atoms with Gasteiger partial charge in [-0.05, 0) is 43.2 Å². The molecule has 0 amide bonds. The Morgan fingerprint density at radius 3 is 2.54 bits per heavy atom. The second-order valence-electron chi connectivity index (χ2n) is 5.37. The number of rotatable bonds is 11. The Labute approximate surface area is 152 Å². The van der Waals surface area contributed by atoms with Gasteiger partial charge in [-0.15, -0.1) is 0 Å². The molecule has 1 aromatic rings. The summed E-state index contributed by atoms with van der Waals surface area (Å²) in [5.41, 5.74) is 0. The van der Waals surface area contributed by atoms with Crippen molar-refractivity contribution in [1.29, 1.82) is 0 Å². The van der Waals surface area contributed by atoms with Crippen LogP contribution in [0.25, 0.3) is 0 Å². The normalized spacial score (nSPS) is 12.7. The molecule has 0 radical (unpaired) electrons. The molecule has 1 N–H and O–H groups in total. The molecule has 1 unspecified atom stereocenters. The molecule has 0 aliphatic heterocycles. The molecule has 0 aromatic heterocycles. The van der Waals surface area contributed by atoms with Crippen molar-refractivity contribution in [1.82, 2.24) is 0 Å². The summed E-state index contributed by atoms with van der Waals surface area (Å²) in [6, 6.07) is 5.42. The lowest BCUT2D eigenvalue weighted by Gasteiger charge is -2.03. The van der Waals surface area contributed by atoms with Gasteiger partial charge in [-0.2, -0.15) is 0 Å². The first-order valence-corrected chi connectivity index (χ1v) is 8.19. The van der Waals surface area contributed by atoms with E-state index in [2.05, 4.69) is 4.74 Å². The molecule has 140 valence electrons. The van der Waals surface area contributed by atoms with Gasteiger partial charge in [0.15, 0.2) is 12.4 Å². The number of hydrogen-bond acceptors (Lipinski definition) is 5. The quantitative estimate of drug-likeness (QED) is 0.372. The molecule has 0 saturated heterocycles. The van der Waals surface area contributed by atoms with Crippen LogP contribution in [0.2, 0.25) is 0 Å². The van der Waals surface area contributed by atoms with Crippen LogP contribution in [0.5, 0.6) is 5.75 Å². The Morgan fingerprint density at radius 1 is 1.15 bits per heavy atom. The van der Waals surface area contributed by atoms with E-state index in [1.165, 1.54) is 37.5 Å². The smallest absolute Gasteiger partial charge is 0.305 e. The Balaban J connectivity index is 2.21. The molecule has 1 aromatic carbocycles. The minimum absolute atomic E-state index is 0.134. The summed E-state index contributed by atoms with van der Waals surface area (Å²) in [5.74, 6) is -0.465. The molecule has 0 heterocycles. The fourth-order valence-electron chi connectivity index (χ4n) is 1.87. The van der Waals surface area contributed by atoms with Crippen molar-refractivity contribution in [2.75, 3.05) is 13.7 Å². The van der Waals surface area contributed by atoms with Gasteiger partial charge in [0.1, 0.15) is 11.6 Å². The Hall–Kier alpha value is -2.73. The largest absolute Gasteiger partial charge is 0.485 e. The summed E-state index contributed by atoms with van der Waals surface area (Å²) in [6.45, 7) is -0.134. The first-order chi connectivity index (χ1) is 12.5. The third-order valence-corrected chi connectivity index (χ3v) is 3.25. The number of ketones is 1. The van der Waals surface area contributed by atoms with E-state index < -0.39 is 6.10 Å². The fourth-order valence-corrected chi connectivity index (χ4v) is 1.87. The van der Waals surface area contributed by atoms with Crippen molar-refractivity contribution in [2.45, 2.75) is 25.4 Å². The van der Waals surface area contributed by atoms with Gasteiger partial charge in [0, 0.05) is 6.42 Å². The third-order valence-electron chi connectivity index (χ3n) is 3.25. The standard InChI is InChI=1S/C20H23FO5/c1-25-20(24)10-6-9-17(22)7-4-2-3-5-8-18(23)15-26-19-13-11-16(21)12-14-19/h2-5,7-8,11-14,17,22H,6,9-10,15H2,1H3/b3-2+,7-4+,8-5+. The fraction of sp³-hybridized carbons (Fsp3) is 0.300. The zero-order chi connectivity index (χ0) is 19.2. The summed E-state index contributed by atoms with van der Waals surface area (Å²) in [6.07, 6.45) is 10.2. The van der Waals surface area contributed by atoms with E-state index in [0.717, 1.165) is 0 Å². The van der Waals surface area contributed by atoms with Crippen LogP contribution in [0.3, 0.4) is 0 Å². The van der Waals surface area contributed by atoms with Crippen molar-refractivity contribution < 1.29 is 28.6 Å². The predicted octanol–water partition coefficient (Wildman–Crippen LogP) is 3.15. The second kappa shape index (κ2) is 12.6. The van der Waals surface area contributed by atoms with E-state index >= 15 is 0 Å². The summed E-state index contributed by atoms with van der Waals surface area (Å²) < 4.78 is 22.5. The zero-order valence-electron chi connectivity index (χ0n) is 14.6. The molecule has 1 atom stereocenters. The van der Waals surface area contributed by atoms with E-state index in [0.29, 0.717) is 18.6 Å². The maximum absolute atomic E-state index is 12.7. The molecule has 0 fully saturated rings. The van der Waals surface area contributed by atoms with Crippen molar-refractivity contribution >= 4 is 11.8 Å². The number of hydrogen-bond donors (Lipinski definition) is 1. The summed E-state index contributed by atoms with van der Waals surface area (Å²) >= 11 is 0. The summed E-state index contributed by atoms with van der Waals surface area (Å²) in [7, 11) is 1.33. The highest BCUT2D eigenvalue weighted by atomic mass is 19.1. The lowest BCUT2D eigenvalue weighted by molar-refractivity contribution is -0.140. The minimum Gasteiger partial charge on any atom is -0.485 e. The first kappa shape index (κ1) is 21.3. The molecule has 0 spiro atoms. The van der Waals surface area contributed by atoms with Gasteiger partial charge in [0.05, 0.1) is 13.2 Å². The number of halogens is 1. The number of carbonyl (C=O) groups is 2. The maximum atomic E-state index is 12.7. The Bertz CT molecular complexity index is 647. The van der Waals surface area contributed by atoms with Gasteiger partial charge in [0.2, 0.25) is 0 Å². The molecule has 0 saturated carbocycles. The minimum atomic E-state index is -0.640. The highest BCUT2D eigenvalue weighted by molar-refractivity contribution is 5.91. The molecule has 6 heteroatoms. The number of benzene rings is 1. The van der Waals surface area contributed by atoms with Crippen LogP contribution >= 0.6 is 0 Å². The van der Waals surface area contributed by atoms with E-state index in [1.807, 2.05) is 0 Å². The molecular weight excluding hydrogens is 339 g/mol. The van der Waals surface area contributed by atoms with Gasteiger partial charge < -0.3 is 14.6 Å². The maximum Gasteiger partial charge on any atom is 0.305 e. The van der Waals surface area contributed by atoms with Gasteiger partial charge in [-0.1, -0.05) is 30.4 Å². The van der Waals surface area contributed by atoms with Crippen LogP contribution in [-0.2, 0) is 14.3 Å². The van der Waals surface area contributed by atoms with Crippen LogP contribution in [0.1, 0.15) is 19.3 Å². The SMILES string of the molecule is COC(=O)CCCC(O)/C=C/C=C/C=C/C(=O)COc1ccc(F)cc1. The van der Waals surface area contributed by atoms with Gasteiger partial charge in [0.25, 0.3) is 0 Å². The molecule has 0 aliphatic rings. The summed E-state index contributed by atoms with van der Waals surface area (Å²) in [4.78, 5) is 22.5. The highest BCUT2D eigenvalue weighted by Crippen LogP contribution is 2.10. The van der Waals surface area contributed by atoms with E-state index in [9.17, 15) is 19.1 Å². The number of aliphatic hydroxyl groups is 1. The molecular formula is C20H23FO5. The van der Waals surface area contributed by atoms with Crippen molar-refractivity contribution in [2.24, 2.45) is 0 Å². The van der Waals surface area contributed by atoms with Gasteiger partial charge >= 0.3 is 5.97 Å². The van der Waals surface area contributed by atoms with Gasteiger partial charge in [-0.25, -0.2) is 4.39 Å². The lowest BCUT2D eigenvalue weighted by atomic mass is 10.1. The third kappa shape index (κ3) is 10.2. The number of aliphatic hydroxyl groups excluding tert-OH is 1. The average molecular weight is 362 g/mol. The Morgan fingerprint density at radius 2 is 1.85 bits per heavy atom. The molecule has 0 bridgehead atoms. The number of carbonyl (C=O) groups excluding carboxylic acids is 2. The molecule has 0 aliphatic carbocycles. The highest BCUT2D eigenvalue weighted by Gasteiger charge is 2.03. The van der Waals surface area contributed by atoms with E-state index in [1.54, 1.807) is 30.4 Å². The van der Waals surface area contributed by atoms with Crippen molar-refractivity contribution in [3.8, 4) is 5.75 Å². The van der Waals surface area contributed by atoms with Crippen LogP contribution in [0, 0.1) is 5.82 Å². The van der Waals surface area contributed by atoms with Gasteiger partial charge in [-0.3, -0.25) is 9.59 Å². The predicted molar refractivity (Wildman–Crippen MR) is 96.2 cm³/mol. The first-order valence-electron chi connectivity index (χ1n) is 8.19. The molecule has 26 heavy (non-hydrogen) atoms. The lowest BCUT2D eigenvalue weighted by Crippen LogP contribution is -2.07. The van der Waals surface area contributed by atoms with E-state index in [-0.39, 0.29) is 30.6 Å². The second-order valence-corrected chi connectivity index (χ2v) is 5.37. The van der Waals surface area contributed by atoms with Crippen molar-refractivity contribution in [3.63, 3.8) is 0 Å². The van der Waals surface area contributed by atoms with Crippen LogP contribution in [-0.4, -0.2) is 36.7 Å². The topological polar surface area (TPSA) is 72.8 Å². The average Bonchev–Trinajstić information content (AvgIpc) is 2.63. The number of methoxy groups -OCH3 is 1. The van der Waals surface area contributed by atoms with Crippen LogP contribution < -0.4 is 4.74 Å². The summed E-state index contributed by atoms with van der Waals surface area (Å²) in [5, 5.41) is 9.69. The van der Waals surface area contributed by atoms with Crippen molar-refractivity contribution in [3.05, 3.63) is 66.5 Å². The van der Waals surface area contributed by atoms with Crippen LogP contribution in [0.4, 0.5) is 4.39 Å².